The molecule has 0 radical (unpaired) electrons. The molecule has 0 aliphatic heterocycles. The number of rotatable bonds is 3. The van der Waals surface area contributed by atoms with Crippen LogP contribution < -0.4 is 0 Å². The van der Waals surface area contributed by atoms with Gasteiger partial charge >= 0.3 is 5.97 Å². The Bertz CT molecular complexity index is 627. The molecular formula is C16H13ClO2. The van der Waals surface area contributed by atoms with Crippen molar-refractivity contribution < 1.29 is 9.90 Å². The van der Waals surface area contributed by atoms with E-state index in [2.05, 4.69) is 0 Å². The van der Waals surface area contributed by atoms with E-state index in [-0.39, 0.29) is 0 Å². The van der Waals surface area contributed by atoms with Crippen LogP contribution in [0.2, 0.25) is 5.02 Å². The molecule has 0 atom stereocenters. The van der Waals surface area contributed by atoms with Gasteiger partial charge in [-0.1, -0.05) is 48.0 Å². The Labute approximate surface area is 117 Å². The smallest absolute Gasteiger partial charge is 0.331 e. The van der Waals surface area contributed by atoms with E-state index in [9.17, 15) is 4.79 Å². The molecule has 0 heterocycles. The van der Waals surface area contributed by atoms with Gasteiger partial charge in [-0.15, -0.1) is 0 Å². The van der Waals surface area contributed by atoms with E-state index in [1.54, 1.807) is 13.0 Å². The topological polar surface area (TPSA) is 37.3 Å². The highest BCUT2D eigenvalue weighted by atomic mass is 35.5. The third-order valence-corrected chi connectivity index (χ3v) is 3.08. The van der Waals surface area contributed by atoms with Crippen molar-refractivity contribution in [1.82, 2.24) is 0 Å². The summed E-state index contributed by atoms with van der Waals surface area (Å²) in [7, 11) is 0. The van der Waals surface area contributed by atoms with Crippen molar-refractivity contribution in [3.8, 4) is 11.1 Å². The Balaban J connectivity index is 2.50. The fourth-order valence-electron chi connectivity index (χ4n) is 1.81. The summed E-state index contributed by atoms with van der Waals surface area (Å²) in [6, 6.07) is 15.2. The lowest BCUT2D eigenvalue weighted by Crippen LogP contribution is -1.96. The standard InChI is InChI=1S/C16H13ClO2/c1-11(16(18)19)10-13-4-2-3-5-15(13)12-6-8-14(17)9-7-12/h2-10H,1H3,(H,18,19)/b11-10+. The molecule has 19 heavy (non-hydrogen) atoms. The van der Waals surface area contributed by atoms with Crippen molar-refractivity contribution in [2.75, 3.05) is 0 Å². The molecule has 2 nitrogen and oxygen atoms in total. The number of carboxylic acids is 1. The van der Waals surface area contributed by atoms with Gasteiger partial charge in [0.15, 0.2) is 0 Å². The van der Waals surface area contributed by atoms with Crippen LogP contribution in [0.15, 0.2) is 54.1 Å². The monoisotopic (exact) mass is 272 g/mol. The van der Waals surface area contributed by atoms with Crippen LogP contribution in [-0.4, -0.2) is 11.1 Å². The highest BCUT2D eigenvalue weighted by Gasteiger charge is 2.05. The third-order valence-electron chi connectivity index (χ3n) is 2.83. The molecule has 96 valence electrons. The first kappa shape index (κ1) is 13.4. The molecule has 0 aliphatic rings. The molecule has 3 heteroatoms. The van der Waals surface area contributed by atoms with E-state index in [0.717, 1.165) is 16.7 Å². The highest BCUT2D eigenvalue weighted by Crippen LogP contribution is 2.26. The fraction of sp³-hybridized carbons (Fsp3) is 0.0625. The Morgan fingerprint density at radius 2 is 1.74 bits per heavy atom. The van der Waals surface area contributed by atoms with Crippen molar-refractivity contribution in [3.63, 3.8) is 0 Å². The van der Waals surface area contributed by atoms with Gasteiger partial charge in [0.05, 0.1) is 0 Å². The number of carboxylic acid groups (broad SMARTS) is 1. The Morgan fingerprint density at radius 3 is 2.37 bits per heavy atom. The van der Waals surface area contributed by atoms with Crippen molar-refractivity contribution >= 4 is 23.6 Å². The molecule has 0 fully saturated rings. The van der Waals surface area contributed by atoms with Crippen LogP contribution in [0.25, 0.3) is 17.2 Å². The zero-order valence-electron chi connectivity index (χ0n) is 10.4. The highest BCUT2D eigenvalue weighted by molar-refractivity contribution is 6.30. The molecule has 0 unspecified atom stereocenters. The molecule has 0 saturated heterocycles. The van der Waals surface area contributed by atoms with Gasteiger partial charge in [-0.25, -0.2) is 4.79 Å². The third kappa shape index (κ3) is 3.24. The molecule has 0 aliphatic carbocycles. The average Bonchev–Trinajstić information content (AvgIpc) is 2.40. The molecule has 2 aromatic rings. The van der Waals surface area contributed by atoms with Crippen LogP contribution in [0.4, 0.5) is 0 Å². The van der Waals surface area contributed by atoms with Gasteiger partial charge < -0.3 is 5.11 Å². The zero-order chi connectivity index (χ0) is 13.8. The van der Waals surface area contributed by atoms with Gasteiger partial charge in [0.25, 0.3) is 0 Å². The van der Waals surface area contributed by atoms with Gasteiger partial charge in [0.2, 0.25) is 0 Å². The molecule has 1 N–H and O–H groups in total. The zero-order valence-corrected chi connectivity index (χ0v) is 11.2. The van der Waals surface area contributed by atoms with Crippen LogP contribution in [0, 0.1) is 0 Å². The maximum absolute atomic E-state index is 10.9. The van der Waals surface area contributed by atoms with E-state index in [0.29, 0.717) is 10.6 Å². The number of benzene rings is 2. The first-order valence-corrected chi connectivity index (χ1v) is 6.22. The van der Waals surface area contributed by atoms with Gasteiger partial charge in [0, 0.05) is 10.6 Å². The average molecular weight is 273 g/mol. The normalized spacial score (nSPS) is 11.4. The van der Waals surface area contributed by atoms with E-state index in [4.69, 9.17) is 16.7 Å². The molecule has 0 bridgehead atoms. The van der Waals surface area contributed by atoms with Gasteiger partial charge in [-0.3, -0.25) is 0 Å². The summed E-state index contributed by atoms with van der Waals surface area (Å²) in [5.41, 5.74) is 3.18. The Kier molecular flexibility index (Phi) is 4.03. The van der Waals surface area contributed by atoms with E-state index in [1.807, 2.05) is 48.5 Å². The first-order valence-electron chi connectivity index (χ1n) is 5.84. The molecule has 2 aromatic carbocycles. The first-order chi connectivity index (χ1) is 9.08. The van der Waals surface area contributed by atoms with Gasteiger partial charge in [0.1, 0.15) is 0 Å². The maximum atomic E-state index is 10.9. The summed E-state index contributed by atoms with van der Waals surface area (Å²) in [5, 5.41) is 9.63. The molecule has 0 amide bonds. The molecular weight excluding hydrogens is 260 g/mol. The maximum Gasteiger partial charge on any atom is 0.331 e. The summed E-state index contributed by atoms with van der Waals surface area (Å²) < 4.78 is 0. The van der Waals surface area contributed by atoms with E-state index < -0.39 is 5.97 Å². The largest absolute Gasteiger partial charge is 0.478 e. The second-order valence-corrected chi connectivity index (χ2v) is 4.66. The molecule has 0 aromatic heterocycles. The lowest BCUT2D eigenvalue weighted by molar-refractivity contribution is -0.132. The lowest BCUT2D eigenvalue weighted by Gasteiger charge is -2.07. The molecule has 0 spiro atoms. The summed E-state index contributed by atoms with van der Waals surface area (Å²) >= 11 is 5.88. The van der Waals surface area contributed by atoms with Crippen molar-refractivity contribution in [2.24, 2.45) is 0 Å². The van der Waals surface area contributed by atoms with Gasteiger partial charge in [-0.05, 0) is 41.8 Å². The lowest BCUT2D eigenvalue weighted by atomic mass is 9.98. The minimum Gasteiger partial charge on any atom is -0.478 e. The van der Waals surface area contributed by atoms with E-state index in [1.165, 1.54) is 0 Å². The molecule has 2 rings (SSSR count). The number of hydrogen-bond acceptors (Lipinski definition) is 1. The minimum absolute atomic E-state index is 0.307. The second-order valence-electron chi connectivity index (χ2n) is 4.23. The number of hydrogen-bond donors (Lipinski definition) is 1. The van der Waals surface area contributed by atoms with Gasteiger partial charge in [-0.2, -0.15) is 0 Å². The summed E-state index contributed by atoms with van der Waals surface area (Å²) in [5.74, 6) is -0.911. The van der Waals surface area contributed by atoms with E-state index >= 15 is 0 Å². The number of aliphatic carboxylic acids is 1. The Morgan fingerprint density at radius 1 is 1.11 bits per heavy atom. The van der Waals surface area contributed by atoms with Crippen LogP contribution in [0.1, 0.15) is 12.5 Å². The number of halogens is 1. The van der Waals surface area contributed by atoms with Crippen molar-refractivity contribution in [1.29, 1.82) is 0 Å². The predicted molar refractivity (Wildman–Crippen MR) is 78.2 cm³/mol. The minimum atomic E-state index is -0.911. The number of carbonyl (C=O) groups is 1. The summed E-state index contributed by atoms with van der Waals surface area (Å²) in [6.07, 6.45) is 1.67. The predicted octanol–water partition coefficient (Wildman–Crippen LogP) is 4.49. The SMILES string of the molecule is C/C(=C\c1ccccc1-c1ccc(Cl)cc1)C(=O)O. The summed E-state index contributed by atoms with van der Waals surface area (Å²) in [4.78, 5) is 10.9. The molecule has 0 saturated carbocycles. The van der Waals surface area contributed by atoms with Crippen molar-refractivity contribution in [2.45, 2.75) is 6.92 Å². The van der Waals surface area contributed by atoms with Crippen LogP contribution >= 0.6 is 11.6 Å². The van der Waals surface area contributed by atoms with Crippen molar-refractivity contribution in [3.05, 3.63) is 64.7 Å². The Hall–Kier alpha value is -2.06. The fourth-order valence-corrected chi connectivity index (χ4v) is 1.94. The van der Waals surface area contributed by atoms with Crippen LogP contribution in [0.5, 0.6) is 0 Å². The van der Waals surface area contributed by atoms with Crippen LogP contribution in [-0.2, 0) is 4.79 Å². The van der Waals surface area contributed by atoms with Crippen LogP contribution in [0.3, 0.4) is 0 Å². The second kappa shape index (κ2) is 5.72. The summed E-state index contributed by atoms with van der Waals surface area (Å²) in [6.45, 7) is 1.58. The quantitative estimate of drug-likeness (QED) is 0.836.